The molecule has 1 aliphatic rings. The fourth-order valence-electron chi connectivity index (χ4n) is 3.36. The first-order valence-corrected chi connectivity index (χ1v) is 8.64. The largest absolute Gasteiger partial charge is 0.493 e. The van der Waals surface area contributed by atoms with E-state index >= 15 is 0 Å². The number of nitrogens with zero attached hydrogens (tertiary/aromatic N) is 3. The molecule has 1 fully saturated rings. The van der Waals surface area contributed by atoms with Crippen LogP contribution in [0.5, 0.6) is 11.5 Å². The number of Topliss-reactive ketones (excluding diaryl/α,β-unsaturated/α-hetero) is 1. The number of aryl methyl sites for hydroxylation is 1. The molecule has 0 radical (unpaired) electrons. The summed E-state index contributed by atoms with van der Waals surface area (Å²) < 4.78 is 10.6. The predicted molar refractivity (Wildman–Crippen MR) is 100.0 cm³/mol. The molecule has 1 aliphatic heterocycles. The van der Waals surface area contributed by atoms with Crippen LogP contribution in [0.15, 0.2) is 24.3 Å². The summed E-state index contributed by atoms with van der Waals surface area (Å²) in [7, 11) is 3.14. The zero-order chi connectivity index (χ0) is 18.7. The minimum Gasteiger partial charge on any atom is -0.493 e. The smallest absolute Gasteiger partial charge is 0.222 e. The molecular formula is C19H24N4O3. The number of aromatic nitrogens is 2. The van der Waals surface area contributed by atoms with Gasteiger partial charge in [-0.3, -0.25) is 4.79 Å². The van der Waals surface area contributed by atoms with E-state index in [0.717, 1.165) is 30.9 Å². The van der Waals surface area contributed by atoms with Gasteiger partial charge in [0.1, 0.15) is 5.82 Å². The molecule has 1 aromatic heterocycles. The van der Waals surface area contributed by atoms with Gasteiger partial charge in [0, 0.05) is 36.3 Å². The SMILES string of the molecule is COc1ccc(C(=O)C2CCCN(c3cc(C)nc(N)n3)C2)cc1OC. The summed E-state index contributed by atoms with van der Waals surface area (Å²) in [6.45, 7) is 3.35. The summed E-state index contributed by atoms with van der Waals surface area (Å²) in [6.07, 6.45) is 1.77. The summed E-state index contributed by atoms with van der Waals surface area (Å²) in [6, 6.07) is 7.20. The van der Waals surface area contributed by atoms with Gasteiger partial charge >= 0.3 is 0 Å². The van der Waals surface area contributed by atoms with Crippen LogP contribution in [0.25, 0.3) is 0 Å². The number of nitrogen functional groups attached to an aromatic ring is 1. The molecule has 138 valence electrons. The highest BCUT2D eigenvalue weighted by atomic mass is 16.5. The average molecular weight is 356 g/mol. The van der Waals surface area contributed by atoms with E-state index in [1.54, 1.807) is 32.4 Å². The summed E-state index contributed by atoms with van der Waals surface area (Å²) in [5.74, 6) is 2.22. The van der Waals surface area contributed by atoms with E-state index < -0.39 is 0 Å². The number of benzene rings is 1. The Kier molecular flexibility index (Phi) is 5.25. The molecule has 2 N–H and O–H groups in total. The number of rotatable bonds is 5. The quantitative estimate of drug-likeness (QED) is 0.823. The van der Waals surface area contributed by atoms with Gasteiger partial charge in [-0.2, -0.15) is 4.98 Å². The number of carbonyl (C=O) groups excluding carboxylic acids is 1. The number of nitrogens with two attached hydrogens (primary N) is 1. The molecule has 2 aromatic rings. The summed E-state index contributed by atoms with van der Waals surface area (Å²) in [5, 5.41) is 0. The maximum absolute atomic E-state index is 13.0. The number of methoxy groups -OCH3 is 2. The number of hydrogen-bond donors (Lipinski definition) is 1. The van der Waals surface area contributed by atoms with Crippen LogP contribution < -0.4 is 20.1 Å². The number of piperidine rings is 1. The normalized spacial score (nSPS) is 17.0. The first kappa shape index (κ1) is 18.0. The lowest BCUT2D eigenvalue weighted by Gasteiger charge is -2.33. The molecule has 0 spiro atoms. The van der Waals surface area contributed by atoms with E-state index in [9.17, 15) is 4.79 Å². The lowest BCUT2D eigenvalue weighted by atomic mass is 9.90. The van der Waals surface area contributed by atoms with Crippen LogP contribution in [-0.4, -0.2) is 43.1 Å². The lowest BCUT2D eigenvalue weighted by molar-refractivity contribution is 0.0906. The van der Waals surface area contributed by atoms with Crippen LogP contribution in [0, 0.1) is 12.8 Å². The van der Waals surface area contributed by atoms with Crippen molar-refractivity contribution in [1.29, 1.82) is 0 Å². The Bertz CT molecular complexity index is 789. The number of carbonyl (C=O) groups is 1. The van der Waals surface area contributed by atoms with Crippen molar-refractivity contribution in [2.75, 3.05) is 37.9 Å². The van der Waals surface area contributed by atoms with Gasteiger partial charge in [0.2, 0.25) is 5.95 Å². The number of hydrogen-bond acceptors (Lipinski definition) is 7. The van der Waals surface area contributed by atoms with Crippen molar-refractivity contribution < 1.29 is 14.3 Å². The molecule has 26 heavy (non-hydrogen) atoms. The first-order valence-electron chi connectivity index (χ1n) is 8.64. The predicted octanol–water partition coefficient (Wildman–Crippen LogP) is 2.48. The van der Waals surface area contributed by atoms with E-state index in [-0.39, 0.29) is 17.6 Å². The van der Waals surface area contributed by atoms with Crippen molar-refractivity contribution in [3.8, 4) is 11.5 Å². The Balaban J connectivity index is 1.80. The Morgan fingerprint density at radius 1 is 1.19 bits per heavy atom. The maximum atomic E-state index is 13.0. The Morgan fingerprint density at radius 3 is 2.65 bits per heavy atom. The summed E-state index contributed by atoms with van der Waals surface area (Å²) in [5.41, 5.74) is 7.22. The van der Waals surface area contributed by atoms with E-state index in [1.807, 2.05) is 13.0 Å². The van der Waals surface area contributed by atoms with Crippen LogP contribution >= 0.6 is 0 Å². The zero-order valence-corrected chi connectivity index (χ0v) is 15.4. The fraction of sp³-hybridized carbons (Fsp3) is 0.421. The Hall–Kier alpha value is -2.83. The third kappa shape index (κ3) is 3.71. The van der Waals surface area contributed by atoms with Crippen LogP contribution in [0.1, 0.15) is 28.9 Å². The zero-order valence-electron chi connectivity index (χ0n) is 15.4. The van der Waals surface area contributed by atoms with E-state index in [2.05, 4.69) is 14.9 Å². The van der Waals surface area contributed by atoms with E-state index in [0.29, 0.717) is 23.6 Å². The second-order valence-electron chi connectivity index (χ2n) is 6.44. The second-order valence-corrected chi connectivity index (χ2v) is 6.44. The van der Waals surface area contributed by atoms with Crippen LogP contribution in [0.2, 0.25) is 0 Å². The average Bonchev–Trinajstić information content (AvgIpc) is 2.66. The molecule has 0 aliphatic carbocycles. The molecule has 0 amide bonds. The highest BCUT2D eigenvalue weighted by Gasteiger charge is 2.28. The van der Waals surface area contributed by atoms with Crippen molar-refractivity contribution in [2.45, 2.75) is 19.8 Å². The van der Waals surface area contributed by atoms with Crippen LogP contribution in [-0.2, 0) is 0 Å². The standard InChI is InChI=1S/C19H24N4O3/c1-12-9-17(22-19(20)21-12)23-8-4-5-14(11-23)18(24)13-6-7-15(25-2)16(10-13)26-3/h6-7,9-10,14H,4-5,8,11H2,1-3H3,(H2,20,21,22). The number of anilines is 2. The number of ketones is 1. The molecule has 0 saturated carbocycles. The van der Waals surface area contributed by atoms with Gasteiger partial charge in [-0.1, -0.05) is 0 Å². The van der Waals surface area contributed by atoms with Crippen LogP contribution in [0.3, 0.4) is 0 Å². The molecule has 1 aromatic carbocycles. The second kappa shape index (κ2) is 7.59. The minimum absolute atomic E-state index is 0.0988. The molecule has 7 nitrogen and oxygen atoms in total. The third-order valence-corrected chi connectivity index (χ3v) is 4.64. The molecule has 7 heteroatoms. The molecule has 1 atom stereocenters. The molecular weight excluding hydrogens is 332 g/mol. The highest BCUT2D eigenvalue weighted by Crippen LogP contribution is 2.30. The van der Waals surface area contributed by atoms with Crippen molar-refractivity contribution in [3.63, 3.8) is 0 Å². The van der Waals surface area contributed by atoms with Gasteiger partial charge in [0.15, 0.2) is 17.3 Å². The molecule has 1 unspecified atom stereocenters. The van der Waals surface area contributed by atoms with Gasteiger partial charge < -0.3 is 20.1 Å². The van der Waals surface area contributed by atoms with Gasteiger partial charge in [-0.25, -0.2) is 4.98 Å². The maximum Gasteiger partial charge on any atom is 0.222 e. The first-order chi connectivity index (χ1) is 12.5. The minimum atomic E-state index is -0.0988. The summed E-state index contributed by atoms with van der Waals surface area (Å²) >= 11 is 0. The lowest BCUT2D eigenvalue weighted by Crippen LogP contribution is -2.39. The monoisotopic (exact) mass is 356 g/mol. The highest BCUT2D eigenvalue weighted by molar-refractivity contribution is 5.98. The molecule has 2 heterocycles. The molecule has 1 saturated heterocycles. The van der Waals surface area contributed by atoms with E-state index in [1.165, 1.54) is 0 Å². The van der Waals surface area contributed by atoms with Gasteiger partial charge in [0.05, 0.1) is 14.2 Å². The topological polar surface area (TPSA) is 90.6 Å². The van der Waals surface area contributed by atoms with Crippen molar-refractivity contribution >= 4 is 17.5 Å². The van der Waals surface area contributed by atoms with Gasteiger partial charge in [-0.15, -0.1) is 0 Å². The Morgan fingerprint density at radius 2 is 1.96 bits per heavy atom. The van der Waals surface area contributed by atoms with Gasteiger partial charge in [-0.05, 0) is 38.0 Å². The number of ether oxygens (including phenoxy) is 2. The molecule has 3 rings (SSSR count). The fourth-order valence-corrected chi connectivity index (χ4v) is 3.36. The van der Waals surface area contributed by atoms with Crippen molar-refractivity contribution in [2.24, 2.45) is 5.92 Å². The third-order valence-electron chi connectivity index (χ3n) is 4.64. The Labute approximate surface area is 153 Å². The van der Waals surface area contributed by atoms with Gasteiger partial charge in [0.25, 0.3) is 0 Å². The van der Waals surface area contributed by atoms with Crippen LogP contribution in [0.4, 0.5) is 11.8 Å². The van der Waals surface area contributed by atoms with Crippen molar-refractivity contribution in [3.05, 3.63) is 35.5 Å². The summed E-state index contributed by atoms with van der Waals surface area (Å²) in [4.78, 5) is 23.5. The van der Waals surface area contributed by atoms with Crippen molar-refractivity contribution in [1.82, 2.24) is 9.97 Å². The van der Waals surface area contributed by atoms with E-state index in [4.69, 9.17) is 15.2 Å². The molecule has 0 bridgehead atoms.